The monoisotopic (exact) mass is 353 g/mol. The van der Waals surface area contributed by atoms with E-state index in [2.05, 4.69) is 11.8 Å². The van der Waals surface area contributed by atoms with Crippen molar-refractivity contribution < 1.29 is 4.79 Å². The summed E-state index contributed by atoms with van der Waals surface area (Å²) in [5, 5.41) is 0. The summed E-state index contributed by atoms with van der Waals surface area (Å²) >= 11 is 0. The van der Waals surface area contributed by atoms with Gasteiger partial charge >= 0.3 is 0 Å². The topological polar surface area (TPSA) is 49.6 Å². The van der Waals surface area contributed by atoms with Crippen LogP contribution in [0.15, 0.2) is 0 Å². The van der Waals surface area contributed by atoms with Gasteiger partial charge in [0.1, 0.15) is 0 Å². The third-order valence-corrected chi connectivity index (χ3v) is 5.06. The normalized spacial score (nSPS) is 26.7. The summed E-state index contributed by atoms with van der Waals surface area (Å²) < 4.78 is 0. The maximum Gasteiger partial charge on any atom is 0.225 e. The van der Waals surface area contributed by atoms with Crippen LogP contribution in [0.2, 0.25) is 0 Å². The SMILES string of the molecule is CCCN1CCC(N(C)C(=O)C2CCCC(N)C2)CC1.Cl.Cl. The van der Waals surface area contributed by atoms with Crippen molar-refractivity contribution in [1.29, 1.82) is 0 Å². The Balaban J connectivity index is 0.00000220. The molecule has 2 aliphatic rings. The molecule has 4 nitrogen and oxygen atoms in total. The summed E-state index contributed by atoms with van der Waals surface area (Å²) in [5.41, 5.74) is 6.02. The molecule has 1 aliphatic heterocycles. The van der Waals surface area contributed by atoms with Crippen molar-refractivity contribution in [3.63, 3.8) is 0 Å². The van der Waals surface area contributed by atoms with Gasteiger partial charge in [-0.25, -0.2) is 0 Å². The van der Waals surface area contributed by atoms with Crippen LogP contribution in [0.4, 0.5) is 0 Å². The number of rotatable bonds is 4. The first-order valence-electron chi connectivity index (χ1n) is 8.36. The Labute approximate surface area is 148 Å². The van der Waals surface area contributed by atoms with Gasteiger partial charge in [0.05, 0.1) is 0 Å². The van der Waals surface area contributed by atoms with Crippen LogP contribution in [0.1, 0.15) is 51.9 Å². The van der Waals surface area contributed by atoms with E-state index in [1.165, 1.54) is 13.0 Å². The molecule has 0 aromatic heterocycles. The smallest absolute Gasteiger partial charge is 0.225 e. The number of nitrogens with two attached hydrogens (primary N) is 1. The molecule has 2 rings (SSSR count). The van der Waals surface area contributed by atoms with Gasteiger partial charge < -0.3 is 15.5 Å². The second-order valence-electron chi connectivity index (χ2n) is 6.65. The quantitative estimate of drug-likeness (QED) is 0.845. The van der Waals surface area contributed by atoms with Crippen LogP contribution < -0.4 is 5.73 Å². The molecule has 2 N–H and O–H groups in total. The Morgan fingerprint density at radius 1 is 1.18 bits per heavy atom. The van der Waals surface area contributed by atoms with Gasteiger partial charge in [-0.05, 0) is 45.1 Å². The largest absolute Gasteiger partial charge is 0.342 e. The highest BCUT2D eigenvalue weighted by molar-refractivity contribution is 5.85. The van der Waals surface area contributed by atoms with Crippen molar-refractivity contribution >= 4 is 30.7 Å². The third kappa shape index (κ3) is 5.88. The molecule has 0 radical (unpaired) electrons. The lowest BCUT2D eigenvalue weighted by Gasteiger charge is -2.39. The summed E-state index contributed by atoms with van der Waals surface area (Å²) in [4.78, 5) is 17.2. The standard InChI is InChI=1S/C16H31N3O.2ClH/c1-3-9-19-10-7-15(8-11-19)18(2)16(20)13-5-4-6-14(17)12-13;;/h13-15H,3-12,17H2,1-2H3;2*1H. The fourth-order valence-corrected chi connectivity index (χ4v) is 3.77. The van der Waals surface area contributed by atoms with Gasteiger partial charge in [-0.2, -0.15) is 0 Å². The van der Waals surface area contributed by atoms with Crippen molar-refractivity contribution in [3.05, 3.63) is 0 Å². The number of hydrogen-bond acceptors (Lipinski definition) is 3. The second-order valence-corrected chi connectivity index (χ2v) is 6.65. The number of carbonyl (C=O) groups is 1. The van der Waals surface area contributed by atoms with Crippen molar-refractivity contribution in [2.45, 2.75) is 64.0 Å². The molecular weight excluding hydrogens is 321 g/mol. The Morgan fingerprint density at radius 2 is 1.82 bits per heavy atom. The molecule has 2 fully saturated rings. The van der Waals surface area contributed by atoms with E-state index < -0.39 is 0 Å². The summed E-state index contributed by atoms with van der Waals surface area (Å²) in [6.45, 7) is 5.70. The van der Waals surface area contributed by atoms with Crippen LogP contribution in [0.25, 0.3) is 0 Å². The zero-order valence-corrected chi connectivity index (χ0v) is 15.6. The summed E-state index contributed by atoms with van der Waals surface area (Å²) in [6, 6.07) is 0.672. The van der Waals surface area contributed by atoms with Crippen molar-refractivity contribution in [1.82, 2.24) is 9.80 Å². The Kier molecular flexibility index (Phi) is 10.7. The molecule has 132 valence electrons. The molecule has 1 amide bonds. The lowest BCUT2D eigenvalue weighted by molar-refractivity contribution is -0.138. The average Bonchev–Trinajstić information content (AvgIpc) is 2.47. The highest BCUT2D eigenvalue weighted by Crippen LogP contribution is 2.26. The lowest BCUT2D eigenvalue weighted by atomic mass is 9.85. The minimum atomic E-state index is 0. The molecule has 0 bridgehead atoms. The first-order valence-corrected chi connectivity index (χ1v) is 8.36. The van der Waals surface area contributed by atoms with Crippen molar-refractivity contribution in [3.8, 4) is 0 Å². The van der Waals surface area contributed by atoms with E-state index in [4.69, 9.17) is 5.73 Å². The fourth-order valence-electron chi connectivity index (χ4n) is 3.77. The van der Waals surface area contributed by atoms with Gasteiger partial charge in [-0.15, -0.1) is 24.8 Å². The summed E-state index contributed by atoms with van der Waals surface area (Å²) in [7, 11) is 2.00. The Hall–Kier alpha value is -0.0300. The van der Waals surface area contributed by atoms with E-state index in [1.54, 1.807) is 0 Å². The molecule has 1 saturated heterocycles. The van der Waals surface area contributed by atoms with Crippen LogP contribution in [-0.4, -0.2) is 54.5 Å². The third-order valence-electron chi connectivity index (χ3n) is 5.06. The molecule has 1 aliphatic carbocycles. The molecule has 22 heavy (non-hydrogen) atoms. The number of halogens is 2. The van der Waals surface area contributed by atoms with Gasteiger partial charge in [0.25, 0.3) is 0 Å². The highest BCUT2D eigenvalue weighted by Gasteiger charge is 2.31. The molecule has 2 unspecified atom stereocenters. The predicted molar refractivity (Wildman–Crippen MR) is 97.0 cm³/mol. The van der Waals surface area contributed by atoms with Gasteiger partial charge in [-0.3, -0.25) is 4.79 Å². The predicted octanol–water partition coefficient (Wildman–Crippen LogP) is 2.68. The summed E-state index contributed by atoms with van der Waals surface area (Å²) in [5.74, 6) is 0.520. The average molecular weight is 354 g/mol. The number of amides is 1. The summed E-state index contributed by atoms with van der Waals surface area (Å²) in [6.07, 6.45) is 7.59. The van der Waals surface area contributed by atoms with E-state index >= 15 is 0 Å². The van der Waals surface area contributed by atoms with Gasteiger partial charge in [0.15, 0.2) is 0 Å². The van der Waals surface area contributed by atoms with Crippen LogP contribution in [-0.2, 0) is 4.79 Å². The number of nitrogens with zero attached hydrogens (tertiary/aromatic N) is 2. The number of hydrogen-bond donors (Lipinski definition) is 1. The zero-order valence-electron chi connectivity index (χ0n) is 14.0. The van der Waals surface area contributed by atoms with Crippen LogP contribution >= 0.6 is 24.8 Å². The van der Waals surface area contributed by atoms with Gasteiger partial charge in [-0.1, -0.05) is 13.3 Å². The molecular formula is C16H33Cl2N3O. The Bertz CT molecular complexity index is 323. The molecule has 6 heteroatoms. The molecule has 0 spiro atoms. The van der Waals surface area contributed by atoms with Crippen molar-refractivity contribution in [2.24, 2.45) is 11.7 Å². The maximum absolute atomic E-state index is 12.6. The molecule has 0 aromatic carbocycles. The minimum absolute atomic E-state index is 0. The van der Waals surface area contributed by atoms with E-state index in [9.17, 15) is 4.79 Å². The molecule has 1 heterocycles. The van der Waals surface area contributed by atoms with Crippen LogP contribution in [0.5, 0.6) is 0 Å². The van der Waals surface area contributed by atoms with E-state index in [0.29, 0.717) is 11.9 Å². The molecule has 2 atom stereocenters. The van der Waals surface area contributed by atoms with Crippen molar-refractivity contribution in [2.75, 3.05) is 26.7 Å². The lowest BCUT2D eigenvalue weighted by Crippen LogP contribution is -2.48. The number of piperidine rings is 1. The zero-order chi connectivity index (χ0) is 14.5. The van der Waals surface area contributed by atoms with Crippen LogP contribution in [0, 0.1) is 5.92 Å². The van der Waals surface area contributed by atoms with E-state index in [0.717, 1.165) is 51.6 Å². The fraction of sp³-hybridized carbons (Fsp3) is 0.938. The minimum Gasteiger partial charge on any atom is -0.342 e. The number of carbonyl (C=O) groups excluding carboxylic acids is 1. The second kappa shape index (κ2) is 10.7. The Morgan fingerprint density at radius 3 is 2.36 bits per heavy atom. The molecule has 1 saturated carbocycles. The number of likely N-dealkylation sites (tertiary alicyclic amines) is 1. The van der Waals surface area contributed by atoms with E-state index in [1.807, 2.05) is 11.9 Å². The van der Waals surface area contributed by atoms with Crippen LogP contribution in [0.3, 0.4) is 0 Å². The van der Waals surface area contributed by atoms with Gasteiger partial charge in [0, 0.05) is 38.1 Å². The van der Waals surface area contributed by atoms with Gasteiger partial charge in [0.2, 0.25) is 5.91 Å². The van der Waals surface area contributed by atoms with E-state index in [-0.39, 0.29) is 36.8 Å². The first kappa shape index (κ1) is 22.0. The molecule has 0 aromatic rings. The highest BCUT2D eigenvalue weighted by atomic mass is 35.5. The first-order chi connectivity index (χ1) is 9.61. The maximum atomic E-state index is 12.6.